The molecule has 0 saturated heterocycles. The van der Waals surface area contributed by atoms with Crippen LogP contribution in [0.5, 0.6) is 11.5 Å². The molecule has 0 N–H and O–H groups in total. The van der Waals surface area contributed by atoms with Crippen LogP contribution in [-0.2, 0) is 11.3 Å². The van der Waals surface area contributed by atoms with Crippen LogP contribution in [0.3, 0.4) is 0 Å². The lowest BCUT2D eigenvalue weighted by Gasteiger charge is -2.13. The van der Waals surface area contributed by atoms with Gasteiger partial charge in [0, 0.05) is 16.1 Å². The highest BCUT2D eigenvalue weighted by molar-refractivity contribution is 9.10. The fourth-order valence-corrected chi connectivity index (χ4v) is 3.71. The number of hydrogen-bond acceptors (Lipinski definition) is 6. The van der Waals surface area contributed by atoms with Crippen LogP contribution in [0, 0.1) is 0 Å². The molecule has 0 fully saturated rings. The van der Waals surface area contributed by atoms with Gasteiger partial charge in [-0.25, -0.2) is 4.79 Å². The van der Waals surface area contributed by atoms with Crippen LogP contribution in [-0.4, -0.2) is 19.7 Å². The summed E-state index contributed by atoms with van der Waals surface area (Å²) in [5.41, 5.74) is 1.41. The van der Waals surface area contributed by atoms with Gasteiger partial charge in [0.05, 0.1) is 24.7 Å². The Morgan fingerprint density at radius 2 is 1.79 bits per heavy atom. The van der Waals surface area contributed by atoms with Crippen molar-refractivity contribution in [2.75, 3.05) is 13.7 Å². The molecule has 3 aromatic carbocycles. The first-order valence-corrected chi connectivity index (χ1v) is 11.1. The Bertz CT molecular complexity index is 1360. The number of halogens is 1. The summed E-state index contributed by atoms with van der Waals surface area (Å²) in [5.74, 6) is 0.0556. The first kappa shape index (κ1) is 22.6. The van der Waals surface area contributed by atoms with Crippen LogP contribution < -0.4 is 14.9 Å². The lowest BCUT2D eigenvalue weighted by atomic mass is 10.0. The third kappa shape index (κ3) is 4.78. The minimum atomic E-state index is -0.724. The summed E-state index contributed by atoms with van der Waals surface area (Å²) in [6.45, 7) is 2.17. The summed E-state index contributed by atoms with van der Waals surface area (Å²) >= 11 is 3.41. The zero-order valence-electron chi connectivity index (χ0n) is 18.1. The van der Waals surface area contributed by atoms with Crippen molar-refractivity contribution in [1.29, 1.82) is 0 Å². The summed E-state index contributed by atoms with van der Waals surface area (Å²) in [6.07, 6.45) is 0. The minimum absolute atomic E-state index is 0.0990. The average Bonchev–Trinajstić information content (AvgIpc) is 2.83. The molecule has 33 heavy (non-hydrogen) atoms. The first-order valence-electron chi connectivity index (χ1n) is 10.3. The molecule has 0 bridgehead atoms. The Morgan fingerprint density at radius 1 is 1.03 bits per heavy atom. The van der Waals surface area contributed by atoms with E-state index < -0.39 is 5.97 Å². The number of benzene rings is 3. The van der Waals surface area contributed by atoms with E-state index in [1.54, 1.807) is 49.4 Å². The fraction of sp³-hybridized carbons (Fsp3) is 0.154. The maximum absolute atomic E-state index is 13.5. The second-order valence-corrected chi connectivity index (χ2v) is 8.04. The summed E-state index contributed by atoms with van der Waals surface area (Å²) in [5, 5.41) is 0.319. The molecule has 0 atom stereocenters. The van der Waals surface area contributed by atoms with E-state index in [0.29, 0.717) is 29.1 Å². The third-order valence-corrected chi connectivity index (χ3v) is 5.55. The molecule has 4 rings (SSSR count). The van der Waals surface area contributed by atoms with Crippen molar-refractivity contribution in [2.24, 2.45) is 0 Å². The molecule has 0 unspecified atom stereocenters. The van der Waals surface area contributed by atoms with Gasteiger partial charge in [-0.15, -0.1) is 0 Å². The normalized spacial score (nSPS) is 10.8. The molecule has 1 aromatic heterocycles. The van der Waals surface area contributed by atoms with E-state index in [-0.39, 0.29) is 28.9 Å². The van der Waals surface area contributed by atoms with Gasteiger partial charge >= 0.3 is 5.97 Å². The topological polar surface area (TPSA) is 75.0 Å². The van der Waals surface area contributed by atoms with Crippen LogP contribution in [0.25, 0.3) is 22.1 Å². The summed E-state index contributed by atoms with van der Waals surface area (Å²) < 4.78 is 23.4. The third-order valence-electron chi connectivity index (χ3n) is 5.02. The van der Waals surface area contributed by atoms with Gasteiger partial charge in [-0.1, -0.05) is 46.3 Å². The summed E-state index contributed by atoms with van der Waals surface area (Å²) in [6, 6.07) is 19.7. The van der Waals surface area contributed by atoms with E-state index in [1.807, 2.05) is 24.3 Å². The highest BCUT2D eigenvalue weighted by Gasteiger charge is 2.25. The highest BCUT2D eigenvalue weighted by atomic mass is 79.9. The van der Waals surface area contributed by atoms with Crippen molar-refractivity contribution in [3.05, 3.63) is 92.7 Å². The monoisotopic (exact) mass is 508 g/mol. The van der Waals surface area contributed by atoms with E-state index in [9.17, 15) is 9.59 Å². The largest absolute Gasteiger partial charge is 0.496 e. The number of esters is 1. The standard InChI is InChI=1S/C26H21BrO6/c1-3-31-26(29)25-23(19-6-4-5-7-21(19)30-2)24(28)20-13-12-18(14-22(20)33-25)32-15-16-8-10-17(27)11-9-16/h4-14H,3,15H2,1-2H3. The van der Waals surface area contributed by atoms with Crippen molar-refractivity contribution in [2.45, 2.75) is 13.5 Å². The van der Waals surface area contributed by atoms with Gasteiger partial charge in [-0.2, -0.15) is 0 Å². The molecular weight excluding hydrogens is 488 g/mol. The van der Waals surface area contributed by atoms with Crippen molar-refractivity contribution in [3.8, 4) is 22.6 Å². The maximum Gasteiger partial charge on any atom is 0.375 e. The maximum atomic E-state index is 13.5. The van der Waals surface area contributed by atoms with Crippen LogP contribution in [0.4, 0.5) is 0 Å². The van der Waals surface area contributed by atoms with Crippen molar-refractivity contribution in [1.82, 2.24) is 0 Å². The second-order valence-electron chi connectivity index (χ2n) is 7.13. The Labute approximate surface area is 198 Å². The number of ether oxygens (including phenoxy) is 3. The van der Waals surface area contributed by atoms with E-state index >= 15 is 0 Å². The van der Waals surface area contributed by atoms with E-state index in [0.717, 1.165) is 10.0 Å². The molecule has 168 valence electrons. The Balaban J connectivity index is 1.80. The lowest BCUT2D eigenvalue weighted by molar-refractivity contribution is 0.0492. The molecule has 0 amide bonds. The molecule has 0 radical (unpaired) electrons. The Morgan fingerprint density at radius 3 is 2.52 bits per heavy atom. The number of para-hydroxylation sites is 1. The molecule has 0 aliphatic heterocycles. The smallest absolute Gasteiger partial charge is 0.375 e. The molecule has 7 heteroatoms. The zero-order valence-corrected chi connectivity index (χ0v) is 19.7. The van der Waals surface area contributed by atoms with Crippen LogP contribution in [0.15, 0.2) is 80.4 Å². The summed E-state index contributed by atoms with van der Waals surface area (Å²) in [4.78, 5) is 26.2. The number of methoxy groups -OCH3 is 1. The van der Waals surface area contributed by atoms with Crippen LogP contribution in [0.2, 0.25) is 0 Å². The van der Waals surface area contributed by atoms with Gasteiger partial charge < -0.3 is 18.6 Å². The van der Waals surface area contributed by atoms with Crippen molar-refractivity contribution >= 4 is 32.9 Å². The van der Waals surface area contributed by atoms with Gasteiger partial charge in [-0.3, -0.25) is 4.79 Å². The van der Waals surface area contributed by atoms with Gasteiger partial charge in [0.25, 0.3) is 0 Å². The zero-order chi connectivity index (χ0) is 23.4. The molecule has 0 spiro atoms. The molecule has 1 heterocycles. The fourth-order valence-electron chi connectivity index (χ4n) is 3.45. The van der Waals surface area contributed by atoms with Crippen LogP contribution >= 0.6 is 15.9 Å². The molecule has 4 aromatic rings. The number of carbonyl (C=O) groups is 1. The molecule has 0 aliphatic carbocycles. The predicted octanol–water partition coefficient (Wildman–Crippen LogP) is 5.99. The second kappa shape index (κ2) is 9.92. The molecule has 0 saturated carbocycles. The summed E-state index contributed by atoms with van der Waals surface area (Å²) in [7, 11) is 1.50. The number of fused-ring (bicyclic) bond motifs is 1. The van der Waals surface area contributed by atoms with Gasteiger partial charge in [0.15, 0.2) is 0 Å². The highest BCUT2D eigenvalue weighted by Crippen LogP contribution is 2.33. The van der Waals surface area contributed by atoms with Gasteiger partial charge in [-0.05, 0) is 42.8 Å². The van der Waals surface area contributed by atoms with E-state index in [4.69, 9.17) is 18.6 Å². The van der Waals surface area contributed by atoms with Crippen molar-refractivity contribution in [3.63, 3.8) is 0 Å². The minimum Gasteiger partial charge on any atom is -0.496 e. The number of hydrogen-bond donors (Lipinski definition) is 0. The van der Waals surface area contributed by atoms with E-state index in [2.05, 4.69) is 15.9 Å². The van der Waals surface area contributed by atoms with Gasteiger partial charge in [0.2, 0.25) is 11.2 Å². The lowest BCUT2D eigenvalue weighted by Crippen LogP contribution is -2.15. The predicted molar refractivity (Wildman–Crippen MR) is 129 cm³/mol. The Hall–Kier alpha value is -3.58. The Kier molecular flexibility index (Phi) is 6.79. The SMILES string of the molecule is CCOC(=O)c1oc2cc(OCc3ccc(Br)cc3)ccc2c(=O)c1-c1ccccc1OC. The quantitative estimate of drug-likeness (QED) is 0.285. The molecular formula is C26H21BrO6. The van der Waals surface area contributed by atoms with Crippen LogP contribution in [0.1, 0.15) is 23.0 Å². The van der Waals surface area contributed by atoms with Crippen molar-refractivity contribution < 1.29 is 23.4 Å². The number of rotatable bonds is 7. The first-order chi connectivity index (χ1) is 16.0. The van der Waals surface area contributed by atoms with Gasteiger partial charge in [0.1, 0.15) is 23.7 Å². The van der Waals surface area contributed by atoms with E-state index in [1.165, 1.54) is 7.11 Å². The average molecular weight is 509 g/mol. The number of carbonyl (C=O) groups excluding carboxylic acids is 1. The molecule has 6 nitrogen and oxygen atoms in total. The molecule has 0 aliphatic rings.